The number of nitrogens with zero attached hydrogens (tertiary/aromatic N) is 2. The lowest BCUT2D eigenvalue weighted by Gasteiger charge is -2.31. The Morgan fingerprint density at radius 1 is 1.35 bits per heavy atom. The van der Waals surface area contributed by atoms with Gasteiger partial charge >= 0.3 is 12.6 Å². The third-order valence-corrected chi connectivity index (χ3v) is 5.61. The van der Waals surface area contributed by atoms with Crippen molar-refractivity contribution in [1.29, 1.82) is 0 Å². The summed E-state index contributed by atoms with van der Waals surface area (Å²) in [7, 11) is 0. The number of alkyl halides is 2. The number of carboxylic acids is 1. The number of benzene rings is 1. The third kappa shape index (κ3) is 5.45. The molecule has 1 aromatic heterocycles. The average molecular weight is 480 g/mol. The maximum absolute atomic E-state index is 13.2. The minimum Gasteiger partial charge on any atom is -0.489 e. The van der Waals surface area contributed by atoms with E-state index in [9.17, 15) is 23.5 Å². The van der Waals surface area contributed by atoms with Gasteiger partial charge in [0.2, 0.25) is 5.89 Å². The molecule has 10 nitrogen and oxygen atoms in total. The molecule has 2 atom stereocenters. The predicted molar refractivity (Wildman–Crippen MR) is 115 cm³/mol. The number of hydrogen-bond donors (Lipinski definition) is 3. The van der Waals surface area contributed by atoms with Crippen molar-refractivity contribution in [1.82, 2.24) is 15.2 Å². The zero-order valence-corrected chi connectivity index (χ0v) is 18.5. The molecule has 12 heteroatoms. The highest BCUT2D eigenvalue weighted by Crippen LogP contribution is 2.37. The molecule has 1 saturated carbocycles. The molecule has 1 aromatic carbocycles. The first-order valence-electron chi connectivity index (χ1n) is 11.0. The molecular formula is C22H26F2N4O6. The number of amides is 1. The van der Waals surface area contributed by atoms with Gasteiger partial charge in [0, 0.05) is 25.2 Å². The Morgan fingerprint density at radius 3 is 2.76 bits per heavy atom. The molecule has 1 saturated heterocycles. The Bertz CT molecular complexity index is 1060. The van der Waals surface area contributed by atoms with Gasteiger partial charge in [-0.15, -0.1) is 0 Å². The van der Waals surface area contributed by atoms with E-state index < -0.39 is 30.6 Å². The number of rotatable bonds is 9. The van der Waals surface area contributed by atoms with Gasteiger partial charge in [-0.3, -0.25) is 9.59 Å². The molecule has 2 aliphatic rings. The van der Waals surface area contributed by atoms with E-state index in [1.165, 1.54) is 23.1 Å². The summed E-state index contributed by atoms with van der Waals surface area (Å²) in [6.07, 6.45) is 2.03. The fourth-order valence-electron chi connectivity index (χ4n) is 3.61. The van der Waals surface area contributed by atoms with E-state index >= 15 is 0 Å². The van der Waals surface area contributed by atoms with Crippen LogP contribution in [0.4, 0.5) is 8.78 Å². The summed E-state index contributed by atoms with van der Waals surface area (Å²) >= 11 is 0. The summed E-state index contributed by atoms with van der Waals surface area (Å²) in [6.45, 7) is -0.442. The van der Waals surface area contributed by atoms with Crippen LogP contribution < -0.4 is 20.5 Å². The normalized spacial score (nSPS) is 19.2. The summed E-state index contributed by atoms with van der Waals surface area (Å²) in [5.74, 6) is -0.986. The highest BCUT2D eigenvalue weighted by Gasteiger charge is 2.33. The molecule has 1 amide bonds. The minimum atomic E-state index is -3.02. The topological polar surface area (TPSA) is 140 Å². The number of piperazine rings is 1. The lowest BCUT2D eigenvalue weighted by atomic mass is 10.1. The van der Waals surface area contributed by atoms with Crippen LogP contribution in [0.3, 0.4) is 0 Å². The largest absolute Gasteiger partial charge is 0.489 e. The van der Waals surface area contributed by atoms with E-state index in [-0.39, 0.29) is 35.4 Å². The third-order valence-electron chi connectivity index (χ3n) is 5.61. The predicted octanol–water partition coefficient (Wildman–Crippen LogP) is 2.25. The molecule has 0 spiro atoms. The summed E-state index contributed by atoms with van der Waals surface area (Å²) in [5.41, 5.74) is 6.37. The van der Waals surface area contributed by atoms with E-state index in [0.29, 0.717) is 31.2 Å². The van der Waals surface area contributed by atoms with Crippen molar-refractivity contribution in [2.24, 2.45) is 11.7 Å². The number of oxazole rings is 1. The number of ether oxygens (including phenoxy) is 2. The van der Waals surface area contributed by atoms with Gasteiger partial charge in [0.25, 0.3) is 5.91 Å². The Kier molecular flexibility index (Phi) is 6.98. The lowest BCUT2D eigenvalue weighted by Crippen LogP contribution is -2.55. The lowest BCUT2D eigenvalue weighted by molar-refractivity contribution is -0.140. The first-order valence-corrected chi connectivity index (χ1v) is 11.0. The van der Waals surface area contributed by atoms with Gasteiger partial charge in [-0.1, -0.05) is 0 Å². The summed E-state index contributed by atoms with van der Waals surface area (Å²) < 4.78 is 41.7. The molecule has 0 radical (unpaired) electrons. The maximum atomic E-state index is 13.2. The number of halogens is 2. The van der Waals surface area contributed by atoms with Crippen LogP contribution in [0.2, 0.25) is 0 Å². The van der Waals surface area contributed by atoms with Crippen LogP contribution in [-0.4, -0.2) is 65.8 Å². The zero-order chi connectivity index (χ0) is 24.4. The number of nitrogens with one attached hydrogen (secondary N) is 1. The van der Waals surface area contributed by atoms with Crippen molar-refractivity contribution in [3.63, 3.8) is 0 Å². The molecule has 2 heterocycles. The quantitative estimate of drug-likeness (QED) is 0.493. The highest BCUT2D eigenvalue weighted by molar-refractivity contribution is 5.94. The van der Waals surface area contributed by atoms with E-state index in [0.717, 1.165) is 12.8 Å². The first-order chi connectivity index (χ1) is 16.2. The number of aromatic nitrogens is 1. The van der Waals surface area contributed by atoms with E-state index in [4.69, 9.17) is 14.9 Å². The Hall–Kier alpha value is -3.25. The summed E-state index contributed by atoms with van der Waals surface area (Å²) in [5, 5.41) is 12.1. The second-order valence-electron chi connectivity index (χ2n) is 8.41. The molecule has 2 fully saturated rings. The van der Waals surface area contributed by atoms with Gasteiger partial charge in [-0.2, -0.15) is 8.78 Å². The molecular weight excluding hydrogens is 454 g/mol. The van der Waals surface area contributed by atoms with Crippen LogP contribution >= 0.6 is 0 Å². The number of carbonyl (C=O) groups is 2. The Morgan fingerprint density at radius 2 is 2.12 bits per heavy atom. The standard InChI is InChI=1S/C22H26F2N4O6/c1-11(25)18-17(20(29)28-7-6-26-14(9-28)21(30)31)27-19(34-18)13-4-5-15(33-22(23)24)16(8-13)32-10-12-2-3-12/h4-5,8,11-12,14,22,26H,2-3,6-7,9-10,25H2,1H3,(H,30,31)/t11-,14?/m0/s1. The Labute approximate surface area is 194 Å². The molecule has 184 valence electrons. The van der Waals surface area contributed by atoms with E-state index in [1.54, 1.807) is 6.92 Å². The highest BCUT2D eigenvalue weighted by atomic mass is 19.3. The minimum absolute atomic E-state index is 0.0237. The van der Waals surface area contributed by atoms with Crippen LogP contribution in [0.15, 0.2) is 22.6 Å². The molecule has 0 bridgehead atoms. The van der Waals surface area contributed by atoms with Crippen molar-refractivity contribution in [2.45, 2.75) is 38.5 Å². The van der Waals surface area contributed by atoms with Gasteiger partial charge in [0.05, 0.1) is 12.6 Å². The van der Waals surface area contributed by atoms with Gasteiger partial charge in [0.15, 0.2) is 23.0 Å². The van der Waals surface area contributed by atoms with Gasteiger partial charge in [0.1, 0.15) is 6.04 Å². The van der Waals surface area contributed by atoms with Crippen LogP contribution in [-0.2, 0) is 4.79 Å². The fraction of sp³-hybridized carbons (Fsp3) is 0.500. The van der Waals surface area contributed by atoms with Gasteiger partial charge < -0.3 is 34.9 Å². The molecule has 2 aromatic rings. The number of carboxylic acid groups (broad SMARTS) is 1. The van der Waals surface area contributed by atoms with Crippen molar-refractivity contribution < 1.29 is 37.4 Å². The van der Waals surface area contributed by atoms with Gasteiger partial charge in [-0.25, -0.2) is 4.98 Å². The SMILES string of the molecule is C[C@H](N)c1oc(-c2ccc(OC(F)F)c(OCC3CC3)c2)nc1C(=O)N1CCNC(C(=O)O)C1. The zero-order valence-electron chi connectivity index (χ0n) is 18.5. The monoisotopic (exact) mass is 480 g/mol. The number of carbonyl (C=O) groups excluding carboxylic acids is 1. The molecule has 1 aliphatic heterocycles. The van der Waals surface area contributed by atoms with E-state index in [2.05, 4.69) is 15.0 Å². The Balaban J connectivity index is 1.63. The van der Waals surface area contributed by atoms with Gasteiger partial charge in [-0.05, 0) is 43.9 Å². The first kappa shape index (κ1) is 23.9. The van der Waals surface area contributed by atoms with Crippen molar-refractivity contribution >= 4 is 11.9 Å². The molecule has 34 heavy (non-hydrogen) atoms. The van der Waals surface area contributed by atoms with Crippen LogP contribution in [0, 0.1) is 5.92 Å². The van der Waals surface area contributed by atoms with Crippen molar-refractivity contribution in [2.75, 3.05) is 26.2 Å². The number of aliphatic carboxylic acids is 1. The maximum Gasteiger partial charge on any atom is 0.387 e. The van der Waals surface area contributed by atoms with Crippen LogP contribution in [0.1, 0.15) is 42.1 Å². The summed E-state index contributed by atoms with van der Waals surface area (Å²) in [4.78, 5) is 30.2. The fourth-order valence-corrected chi connectivity index (χ4v) is 3.61. The number of nitrogens with two attached hydrogens (primary N) is 1. The molecule has 1 unspecified atom stereocenters. The van der Waals surface area contributed by atoms with Crippen LogP contribution in [0.25, 0.3) is 11.5 Å². The molecule has 1 aliphatic carbocycles. The molecule has 4 N–H and O–H groups in total. The van der Waals surface area contributed by atoms with E-state index in [1.807, 2.05) is 0 Å². The van der Waals surface area contributed by atoms with Crippen molar-refractivity contribution in [3.8, 4) is 23.0 Å². The second kappa shape index (κ2) is 9.94. The summed E-state index contributed by atoms with van der Waals surface area (Å²) in [6, 6.07) is 2.70. The molecule has 4 rings (SSSR count). The number of hydrogen-bond acceptors (Lipinski definition) is 8. The smallest absolute Gasteiger partial charge is 0.387 e. The average Bonchev–Trinajstić information content (AvgIpc) is 3.52. The van der Waals surface area contributed by atoms with Crippen LogP contribution in [0.5, 0.6) is 11.5 Å². The van der Waals surface area contributed by atoms with Crippen molar-refractivity contribution in [3.05, 3.63) is 29.7 Å². The second-order valence-corrected chi connectivity index (χ2v) is 8.41.